The van der Waals surface area contributed by atoms with Gasteiger partial charge in [0.2, 0.25) is 10.0 Å². The van der Waals surface area contributed by atoms with Crippen molar-refractivity contribution in [2.24, 2.45) is 0 Å². The molecule has 2 aromatic heterocycles. The van der Waals surface area contributed by atoms with Crippen molar-refractivity contribution in [3.63, 3.8) is 0 Å². The highest BCUT2D eigenvalue weighted by Gasteiger charge is 2.27. The maximum atomic E-state index is 13.3. The van der Waals surface area contributed by atoms with Crippen molar-refractivity contribution in [3.05, 3.63) is 82.3 Å². The second kappa shape index (κ2) is 9.72. The van der Waals surface area contributed by atoms with Crippen molar-refractivity contribution < 1.29 is 13.2 Å². The molecule has 0 aliphatic carbocycles. The smallest absolute Gasteiger partial charge is 0.254 e. The normalized spacial score (nSPS) is 14.6. The largest absolute Gasteiger partial charge is 0.334 e. The fraction of sp³-hybridized carbons (Fsp3) is 0.304. The number of benzene rings is 1. The summed E-state index contributed by atoms with van der Waals surface area (Å²) >= 11 is 1.67. The van der Waals surface area contributed by atoms with Crippen molar-refractivity contribution in [2.75, 3.05) is 19.6 Å². The Balaban J connectivity index is 1.52. The average molecular weight is 456 g/mol. The zero-order valence-corrected chi connectivity index (χ0v) is 18.8. The summed E-state index contributed by atoms with van der Waals surface area (Å²) in [4.78, 5) is 20.7. The summed E-state index contributed by atoms with van der Waals surface area (Å²) in [7, 11) is -3.49. The molecule has 0 bridgehead atoms. The van der Waals surface area contributed by atoms with Gasteiger partial charge in [0.1, 0.15) is 0 Å². The molecular formula is C23H25N3O3S2. The van der Waals surface area contributed by atoms with Gasteiger partial charge in [0.05, 0.1) is 4.90 Å². The highest BCUT2D eigenvalue weighted by atomic mass is 32.2. The highest BCUT2D eigenvalue weighted by Crippen LogP contribution is 2.22. The Labute approximate surface area is 187 Å². The van der Waals surface area contributed by atoms with Crippen LogP contribution in [0.15, 0.2) is 71.2 Å². The number of amides is 1. The van der Waals surface area contributed by atoms with Crippen LogP contribution in [-0.2, 0) is 23.0 Å². The topological polar surface area (TPSA) is 70.6 Å². The van der Waals surface area contributed by atoms with Crippen molar-refractivity contribution >= 4 is 27.3 Å². The maximum absolute atomic E-state index is 13.3. The summed E-state index contributed by atoms with van der Waals surface area (Å²) in [6.45, 7) is 2.14. The van der Waals surface area contributed by atoms with Crippen LogP contribution in [0.2, 0.25) is 0 Å². The van der Waals surface area contributed by atoms with Crippen LogP contribution in [0.3, 0.4) is 0 Å². The summed E-state index contributed by atoms with van der Waals surface area (Å²) < 4.78 is 27.0. The Morgan fingerprint density at radius 1 is 1.06 bits per heavy atom. The van der Waals surface area contributed by atoms with Crippen molar-refractivity contribution in [1.29, 1.82) is 0 Å². The minimum atomic E-state index is -3.49. The first-order valence-electron chi connectivity index (χ1n) is 10.3. The van der Waals surface area contributed by atoms with Crippen molar-refractivity contribution in [1.82, 2.24) is 14.2 Å². The van der Waals surface area contributed by atoms with Crippen LogP contribution < -0.4 is 0 Å². The Morgan fingerprint density at radius 3 is 2.48 bits per heavy atom. The lowest BCUT2D eigenvalue weighted by molar-refractivity contribution is 0.0745. The highest BCUT2D eigenvalue weighted by molar-refractivity contribution is 7.89. The lowest BCUT2D eigenvalue weighted by atomic mass is 10.1. The third kappa shape index (κ3) is 5.20. The Kier molecular flexibility index (Phi) is 6.80. The quantitative estimate of drug-likeness (QED) is 0.518. The van der Waals surface area contributed by atoms with Crippen LogP contribution in [0.5, 0.6) is 0 Å². The number of hydrogen-bond donors (Lipinski definition) is 0. The first kappa shape index (κ1) is 21.7. The number of pyridine rings is 1. The van der Waals surface area contributed by atoms with Gasteiger partial charge in [-0.3, -0.25) is 9.78 Å². The molecule has 1 fully saturated rings. The predicted octanol–water partition coefficient (Wildman–Crippen LogP) is 3.81. The number of nitrogens with zero attached hydrogens (tertiary/aromatic N) is 3. The van der Waals surface area contributed by atoms with Crippen LogP contribution in [0.1, 0.15) is 33.6 Å². The van der Waals surface area contributed by atoms with Gasteiger partial charge in [-0.25, -0.2) is 8.42 Å². The molecule has 1 amide bonds. The van der Waals surface area contributed by atoms with Crippen LogP contribution in [-0.4, -0.2) is 48.1 Å². The minimum absolute atomic E-state index is 0.120. The molecule has 1 aliphatic heterocycles. The van der Waals surface area contributed by atoms with Gasteiger partial charge in [-0.2, -0.15) is 4.31 Å². The van der Waals surface area contributed by atoms with Gasteiger partial charge in [0.15, 0.2) is 0 Å². The van der Waals surface area contributed by atoms with Crippen LogP contribution >= 0.6 is 11.3 Å². The standard InChI is InChI=1S/C23H25N3O3S2/c27-23(20-7-9-22(10-8-20)31(28,29)26-13-1-2-14-26)25(15-11-21-6-4-16-30-21)18-19-5-3-12-24-17-19/h3-10,12,16-17H,1-2,11,13-15,18H2. The van der Waals surface area contributed by atoms with Crippen LogP contribution in [0.25, 0.3) is 0 Å². The molecule has 31 heavy (non-hydrogen) atoms. The van der Waals surface area contributed by atoms with E-state index in [1.807, 2.05) is 23.6 Å². The molecule has 0 saturated carbocycles. The molecule has 8 heteroatoms. The molecule has 1 aromatic carbocycles. The Bertz CT molecular complexity index is 1090. The second-order valence-corrected chi connectivity index (χ2v) is 10.5. The second-order valence-electron chi connectivity index (χ2n) is 7.55. The maximum Gasteiger partial charge on any atom is 0.254 e. The van der Waals surface area contributed by atoms with Gasteiger partial charge in [-0.15, -0.1) is 11.3 Å². The Morgan fingerprint density at radius 2 is 1.84 bits per heavy atom. The van der Waals surface area contributed by atoms with E-state index in [0.29, 0.717) is 31.7 Å². The van der Waals surface area contributed by atoms with Gasteiger partial charge < -0.3 is 4.90 Å². The first-order chi connectivity index (χ1) is 15.0. The average Bonchev–Trinajstić information content (AvgIpc) is 3.52. The van der Waals surface area contributed by atoms with Crippen molar-refractivity contribution in [2.45, 2.75) is 30.7 Å². The minimum Gasteiger partial charge on any atom is -0.334 e. The van der Waals surface area contributed by atoms with E-state index in [-0.39, 0.29) is 10.8 Å². The van der Waals surface area contributed by atoms with E-state index in [1.54, 1.807) is 52.9 Å². The van der Waals surface area contributed by atoms with E-state index in [0.717, 1.165) is 24.8 Å². The number of hydrogen-bond acceptors (Lipinski definition) is 5. The monoisotopic (exact) mass is 455 g/mol. The lowest BCUT2D eigenvalue weighted by Crippen LogP contribution is -2.32. The van der Waals surface area contributed by atoms with E-state index in [4.69, 9.17) is 0 Å². The number of aromatic nitrogens is 1. The zero-order chi connectivity index (χ0) is 21.7. The van der Waals surface area contributed by atoms with E-state index in [2.05, 4.69) is 11.1 Å². The van der Waals surface area contributed by atoms with Gasteiger partial charge in [0.25, 0.3) is 5.91 Å². The summed E-state index contributed by atoms with van der Waals surface area (Å²) in [5.41, 5.74) is 1.44. The molecule has 0 N–H and O–H groups in total. The van der Waals surface area contributed by atoms with E-state index in [1.165, 1.54) is 9.18 Å². The molecule has 0 radical (unpaired) electrons. The molecule has 0 unspecified atom stereocenters. The third-order valence-corrected chi connectivity index (χ3v) is 8.24. The fourth-order valence-electron chi connectivity index (χ4n) is 3.69. The molecule has 0 spiro atoms. The molecular weight excluding hydrogens is 430 g/mol. The summed E-state index contributed by atoms with van der Waals surface area (Å²) in [5, 5.41) is 2.03. The number of carbonyl (C=O) groups excluding carboxylic acids is 1. The van der Waals surface area contributed by atoms with Crippen LogP contribution in [0, 0.1) is 0 Å². The van der Waals surface area contributed by atoms with Crippen LogP contribution in [0.4, 0.5) is 0 Å². The lowest BCUT2D eigenvalue weighted by Gasteiger charge is -2.23. The number of thiophene rings is 1. The van der Waals surface area contributed by atoms with E-state index >= 15 is 0 Å². The predicted molar refractivity (Wildman–Crippen MR) is 121 cm³/mol. The SMILES string of the molecule is O=C(c1ccc(S(=O)(=O)N2CCCC2)cc1)N(CCc1cccs1)Cc1cccnc1. The summed E-state index contributed by atoms with van der Waals surface area (Å²) in [5.74, 6) is -0.120. The molecule has 0 atom stereocenters. The van der Waals surface area contributed by atoms with Gasteiger partial charge in [-0.05, 0) is 66.6 Å². The zero-order valence-electron chi connectivity index (χ0n) is 17.2. The summed E-state index contributed by atoms with van der Waals surface area (Å²) in [6.07, 6.45) is 6.02. The molecule has 3 heterocycles. The fourth-order valence-corrected chi connectivity index (χ4v) is 5.91. The third-order valence-electron chi connectivity index (χ3n) is 5.40. The van der Waals surface area contributed by atoms with E-state index in [9.17, 15) is 13.2 Å². The molecule has 3 aromatic rings. The number of rotatable bonds is 8. The van der Waals surface area contributed by atoms with Gasteiger partial charge >= 0.3 is 0 Å². The first-order valence-corrected chi connectivity index (χ1v) is 12.7. The molecule has 6 nitrogen and oxygen atoms in total. The molecule has 4 rings (SSSR count). The number of carbonyl (C=O) groups is 1. The molecule has 1 aliphatic rings. The van der Waals surface area contributed by atoms with Gasteiger partial charge in [0, 0.05) is 49.0 Å². The Hall–Kier alpha value is -2.55. The molecule has 162 valence electrons. The van der Waals surface area contributed by atoms with Gasteiger partial charge in [-0.1, -0.05) is 12.1 Å². The summed E-state index contributed by atoms with van der Waals surface area (Å²) in [6, 6.07) is 14.2. The van der Waals surface area contributed by atoms with Crippen molar-refractivity contribution in [3.8, 4) is 0 Å². The van der Waals surface area contributed by atoms with E-state index < -0.39 is 10.0 Å². The molecule has 1 saturated heterocycles. The number of sulfonamides is 1.